The van der Waals surface area contributed by atoms with Gasteiger partial charge in [0.1, 0.15) is 17.7 Å². The van der Waals surface area contributed by atoms with Crippen molar-refractivity contribution in [2.75, 3.05) is 37.7 Å². The Labute approximate surface area is 236 Å². The molecule has 7 nitrogen and oxygen atoms in total. The molecule has 1 atom stereocenters. The van der Waals surface area contributed by atoms with Crippen molar-refractivity contribution in [1.82, 2.24) is 20.6 Å². The Morgan fingerprint density at radius 1 is 1.15 bits per heavy atom. The maximum atomic E-state index is 13.5. The lowest BCUT2D eigenvalue weighted by Crippen LogP contribution is -2.65. The average Bonchev–Trinajstić information content (AvgIpc) is 3.43. The third-order valence-electron chi connectivity index (χ3n) is 8.15. The molecule has 3 aliphatic rings. The highest BCUT2D eigenvalue weighted by Gasteiger charge is 2.54. The van der Waals surface area contributed by atoms with Gasteiger partial charge in [-0.2, -0.15) is 13.2 Å². The lowest BCUT2D eigenvalue weighted by atomic mass is 9.61. The van der Waals surface area contributed by atoms with Crippen LogP contribution >= 0.6 is 0 Å². The molecule has 1 aromatic carbocycles. The number of ether oxygens (including phenoxy) is 2. The Balaban J connectivity index is 1.14. The van der Waals surface area contributed by atoms with E-state index < -0.39 is 17.6 Å². The van der Waals surface area contributed by atoms with Gasteiger partial charge in [0.05, 0.1) is 29.1 Å². The van der Waals surface area contributed by atoms with Gasteiger partial charge in [0, 0.05) is 49.5 Å². The number of rotatable bonds is 9. The molecule has 218 valence electrons. The van der Waals surface area contributed by atoms with Crippen molar-refractivity contribution in [3.05, 3.63) is 65.7 Å². The molecule has 11 heteroatoms. The van der Waals surface area contributed by atoms with Crippen LogP contribution in [0.3, 0.4) is 0 Å². The van der Waals surface area contributed by atoms with Crippen molar-refractivity contribution in [2.45, 2.75) is 51.1 Å². The van der Waals surface area contributed by atoms with Crippen LogP contribution in [-0.4, -0.2) is 54.9 Å². The van der Waals surface area contributed by atoms with Gasteiger partial charge in [0.2, 0.25) is 5.88 Å². The third kappa shape index (κ3) is 5.83. The average molecular weight is 572 g/mol. The zero-order valence-corrected chi connectivity index (χ0v) is 22.8. The van der Waals surface area contributed by atoms with E-state index in [-0.39, 0.29) is 17.2 Å². The van der Waals surface area contributed by atoms with Crippen LogP contribution in [0.2, 0.25) is 0 Å². The number of pyridine rings is 2. The molecule has 1 aliphatic carbocycles. The molecule has 0 bridgehead atoms. The smallest absolute Gasteiger partial charge is 0.418 e. The summed E-state index contributed by atoms with van der Waals surface area (Å²) in [6.07, 6.45) is -0.449. The van der Waals surface area contributed by atoms with Crippen LogP contribution in [-0.2, 0) is 12.7 Å². The number of hydrogen-bond acceptors (Lipinski definition) is 7. The van der Waals surface area contributed by atoms with Gasteiger partial charge >= 0.3 is 6.18 Å². The first kappa shape index (κ1) is 27.7. The van der Waals surface area contributed by atoms with Gasteiger partial charge in [-0.05, 0) is 75.2 Å². The zero-order chi connectivity index (χ0) is 28.6. The maximum absolute atomic E-state index is 13.5. The van der Waals surface area contributed by atoms with Crippen molar-refractivity contribution in [3.63, 3.8) is 0 Å². The number of aromatic nitrogens is 2. The fourth-order valence-corrected chi connectivity index (χ4v) is 6.15. The van der Waals surface area contributed by atoms with E-state index in [1.165, 1.54) is 6.07 Å². The predicted molar refractivity (Wildman–Crippen MR) is 146 cm³/mol. The van der Waals surface area contributed by atoms with Gasteiger partial charge in [0.25, 0.3) is 0 Å². The molecule has 1 spiro atoms. The molecule has 1 saturated carbocycles. The molecule has 0 radical (unpaired) electrons. The summed E-state index contributed by atoms with van der Waals surface area (Å²) < 4.78 is 66.2. The second-order valence-corrected chi connectivity index (χ2v) is 11.2. The molecule has 2 aliphatic heterocycles. The summed E-state index contributed by atoms with van der Waals surface area (Å²) in [6.45, 7) is 5.80. The normalized spacial score (nSPS) is 20.1. The summed E-state index contributed by atoms with van der Waals surface area (Å²) in [5.74, 6) is 0.337. The maximum Gasteiger partial charge on any atom is 0.418 e. The van der Waals surface area contributed by atoms with Gasteiger partial charge < -0.3 is 25.0 Å². The van der Waals surface area contributed by atoms with Gasteiger partial charge in [-0.1, -0.05) is 0 Å². The minimum absolute atomic E-state index is 0.0327. The molecule has 0 amide bonds. The first-order valence-electron chi connectivity index (χ1n) is 14.0. The Morgan fingerprint density at radius 2 is 1.98 bits per heavy atom. The first-order chi connectivity index (χ1) is 19.7. The molecule has 6 rings (SSSR count). The fourth-order valence-electron chi connectivity index (χ4n) is 6.15. The van der Waals surface area contributed by atoms with E-state index >= 15 is 0 Å². The zero-order valence-electron chi connectivity index (χ0n) is 22.8. The number of hydrogen-bond donors (Lipinski definition) is 2. The van der Waals surface area contributed by atoms with E-state index in [1.807, 2.05) is 31.2 Å². The lowest BCUT2D eigenvalue weighted by Gasteiger charge is -2.59. The minimum Gasteiger partial charge on any atom is -0.488 e. The van der Waals surface area contributed by atoms with E-state index in [4.69, 9.17) is 14.5 Å². The number of halogens is 4. The van der Waals surface area contributed by atoms with Crippen LogP contribution in [0.1, 0.15) is 37.4 Å². The van der Waals surface area contributed by atoms with E-state index in [2.05, 4.69) is 15.6 Å². The molecular formula is C30H33F4N5O2. The summed E-state index contributed by atoms with van der Waals surface area (Å²) in [7, 11) is 0. The highest BCUT2D eigenvalue weighted by Crippen LogP contribution is 2.52. The Kier molecular flexibility index (Phi) is 7.50. The summed E-state index contributed by atoms with van der Waals surface area (Å²) in [4.78, 5) is 11.0. The molecule has 2 saturated heterocycles. The molecule has 3 aromatic rings. The fraction of sp³-hybridized carbons (Fsp3) is 0.467. The largest absolute Gasteiger partial charge is 0.488 e. The Morgan fingerprint density at radius 3 is 2.71 bits per heavy atom. The van der Waals surface area contributed by atoms with Crippen LogP contribution in [0.4, 0.5) is 23.2 Å². The van der Waals surface area contributed by atoms with Crippen molar-refractivity contribution in [1.29, 1.82) is 0 Å². The third-order valence-corrected chi connectivity index (χ3v) is 8.15. The van der Waals surface area contributed by atoms with Gasteiger partial charge in [-0.15, -0.1) is 0 Å². The highest BCUT2D eigenvalue weighted by atomic mass is 19.4. The quantitative estimate of drug-likeness (QED) is 0.342. The van der Waals surface area contributed by atoms with Gasteiger partial charge in [-0.3, -0.25) is 0 Å². The van der Waals surface area contributed by atoms with Gasteiger partial charge in [-0.25, -0.2) is 14.4 Å². The van der Waals surface area contributed by atoms with Gasteiger partial charge in [0.15, 0.2) is 0 Å². The molecule has 41 heavy (non-hydrogen) atoms. The van der Waals surface area contributed by atoms with Crippen LogP contribution in [0.5, 0.6) is 11.6 Å². The first-order valence-corrected chi connectivity index (χ1v) is 14.0. The second kappa shape index (κ2) is 11.1. The topological polar surface area (TPSA) is 71.5 Å². The van der Waals surface area contributed by atoms with Crippen molar-refractivity contribution < 1.29 is 27.0 Å². The molecule has 1 unspecified atom stereocenters. The predicted octanol–water partition coefficient (Wildman–Crippen LogP) is 5.20. The standard InChI is InChI=1S/C30H33F4N5O2/c1-2-40-28-22(4-3-10-36-28)24-6-8-27(25(38-24)16-37-20-9-11-35-15-20)41-21-13-29(14-21)17-39(18-29)26-7-5-19(31)12-23(26)30(32,33)34/h3-8,10,12,20-21,35,37H,2,9,11,13-18H2,1H3. The molecular weight excluding hydrogens is 538 g/mol. The molecule has 3 fully saturated rings. The van der Waals surface area contributed by atoms with E-state index in [1.54, 1.807) is 11.1 Å². The van der Waals surface area contributed by atoms with Crippen LogP contribution in [0, 0.1) is 11.2 Å². The molecule has 2 aromatic heterocycles. The second-order valence-electron chi connectivity index (χ2n) is 11.2. The summed E-state index contributed by atoms with van der Waals surface area (Å²) in [5, 5.41) is 6.93. The van der Waals surface area contributed by atoms with Crippen molar-refractivity contribution >= 4 is 5.69 Å². The number of nitrogens with zero attached hydrogens (tertiary/aromatic N) is 3. The number of anilines is 1. The summed E-state index contributed by atoms with van der Waals surface area (Å²) in [5.41, 5.74) is 1.35. The van der Waals surface area contributed by atoms with Crippen LogP contribution < -0.4 is 25.0 Å². The number of nitrogens with one attached hydrogen (secondary N) is 2. The van der Waals surface area contributed by atoms with Crippen LogP contribution in [0.25, 0.3) is 11.3 Å². The Hall–Kier alpha value is -3.44. The monoisotopic (exact) mass is 571 g/mol. The van der Waals surface area contributed by atoms with Crippen molar-refractivity contribution in [3.8, 4) is 22.9 Å². The number of alkyl halides is 3. The van der Waals surface area contributed by atoms with E-state index in [9.17, 15) is 17.6 Å². The van der Waals surface area contributed by atoms with E-state index in [0.29, 0.717) is 50.0 Å². The number of benzene rings is 1. The summed E-state index contributed by atoms with van der Waals surface area (Å²) >= 11 is 0. The SMILES string of the molecule is CCOc1ncccc1-c1ccc(OC2CC3(C2)CN(c2ccc(F)cc2C(F)(F)F)C3)c(CNC2CCNC2)n1. The lowest BCUT2D eigenvalue weighted by molar-refractivity contribution is -0.137. The molecule has 4 heterocycles. The minimum atomic E-state index is -4.61. The highest BCUT2D eigenvalue weighted by molar-refractivity contribution is 5.65. The Bertz CT molecular complexity index is 1380. The van der Waals surface area contributed by atoms with Crippen molar-refractivity contribution in [2.24, 2.45) is 5.41 Å². The summed E-state index contributed by atoms with van der Waals surface area (Å²) in [6, 6.07) is 10.9. The van der Waals surface area contributed by atoms with Crippen LogP contribution in [0.15, 0.2) is 48.7 Å². The van der Waals surface area contributed by atoms with E-state index in [0.717, 1.165) is 55.4 Å². The molecule has 2 N–H and O–H groups in total.